The molecular weight excluding hydrogens is 244 g/mol. The SMILES string of the molecule is CC(C)C(=O)C1Cc2c(nc(N)c3c2COC3)CO1. The number of ketones is 1. The van der Waals surface area contributed by atoms with Crippen molar-refractivity contribution in [3.63, 3.8) is 0 Å². The first-order valence-corrected chi connectivity index (χ1v) is 6.60. The summed E-state index contributed by atoms with van der Waals surface area (Å²) in [5.41, 5.74) is 9.99. The number of fused-ring (bicyclic) bond motifs is 3. The summed E-state index contributed by atoms with van der Waals surface area (Å²) < 4.78 is 11.1. The van der Waals surface area contributed by atoms with Gasteiger partial charge in [0.2, 0.25) is 0 Å². The molecule has 0 bridgehead atoms. The predicted molar refractivity (Wildman–Crippen MR) is 69.3 cm³/mol. The van der Waals surface area contributed by atoms with Crippen molar-refractivity contribution in [3.05, 3.63) is 22.4 Å². The molecule has 0 radical (unpaired) electrons. The van der Waals surface area contributed by atoms with Crippen molar-refractivity contribution in [1.29, 1.82) is 0 Å². The van der Waals surface area contributed by atoms with Crippen LogP contribution in [0.5, 0.6) is 0 Å². The molecule has 0 saturated heterocycles. The van der Waals surface area contributed by atoms with E-state index in [4.69, 9.17) is 15.2 Å². The van der Waals surface area contributed by atoms with Crippen molar-refractivity contribution in [3.8, 4) is 0 Å². The highest BCUT2D eigenvalue weighted by atomic mass is 16.5. The zero-order chi connectivity index (χ0) is 13.6. The first kappa shape index (κ1) is 12.6. The Hall–Kier alpha value is -1.46. The molecule has 0 aliphatic carbocycles. The lowest BCUT2D eigenvalue weighted by molar-refractivity contribution is -0.135. The highest BCUT2D eigenvalue weighted by Gasteiger charge is 2.32. The monoisotopic (exact) mass is 262 g/mol. The average Bonchev–Trinajstić information content (AvgIpc) is 2.87. The second-order valence-corrected chi connectivity index (χ2v) is 5.43. The molecular formula is C14H18N2O3. The molecule has 2 aliphatic heterocycles. The number of anilines is 1. The maximum absolute atomic E-state index is 12.1. The first-order valence-electron chi connectivity index (χ1n) is 6.60. The van der Waals surface area contributed by atoms with Crippen LogP contribution in [0.2, 0.25) is 0 Å². The van der Waals surface area contributed by atoms with Crippen LogP contribution >= 0.6 is 0 Å². The van der Waals surface area contributed by atoms with E-state index in [2.05, 4.69) is 4.98 Å². The van der Waals surface area contributed by atoms with Gasteiger partial charge in [-0.05, 0) is 11.1 Å². The van der Waals surface area contributed by atoms with Crippen molar-refractivity contribution in [2.45, 2.75) is 46.2 Å². The van der Waals surface area contributed by atoms with Gasteiger partial charge in [-0.2, -0.15) is 0 Å². The molecule has 0 aromatic carbocycles. The van der Waals surface area contributed by atoms with E-state index in [1.54, 1.807) is 0 Å². The molecule has 3 heterocycles. The van der Waals surface area contributed by atoms with E-state index in [9.17, 15) is 4.79 Å². The number of rotatable bonds is 2. The standard InChI is InChI=1S/C14H18N2O3/c1-7(2)13(17)12-3-8-9-4-18-5-10(9)14(15)16-11(8)6-19-12/h7,12H,3-6H2,1-2H3,(H2,15,16). The van der Waals surface area contributed by atoms with E-state index < -0.39 is 0 Å². The third-order valence-electron chi connectivity index (χ3n) is 3.83. The van der Waals surface area contributed by atoms with E-state index in [1.807, 2.05) is 13.8 Å². The molecule has 1 unspecified atom stereocenters. The molecule has 2 N–H and O–H groups in total. The number of aromatic nitrogens is 1. The third-order valence-corrected chi connectivity index (χ3v) is 3.83. The van der Waals surface area contributed by atoms with Crippen LogP contribution in [0.15, 0.2) is 0 Å². The molecule has 1 aromatic rings. The van der Waals surface area contributed by atoms with Gasteiger partial charge in [0, 0.05) is 17.9 Å². The van der Waals surface area contributed by atoms with Gasteiger partial charge in [0.25, 0.3) is 0 Å². The van der Waals surface area contributed by atoms with Crippen molar-refractivity contribution in [2.24, 2.45) is 5.92 Å². The maximum atomic E-state index is 12.1. The Labute approximate surface area is 112 Å². The molecule has 1 aromatic heterocycles. The largest absolute Gasteiger partial charge is 0.383 e. The molecule has 19 heavy (non-hydrogen) atoms. The van der Waals surface area contributed by atoms with Gasteiger partial charge in [0.1, 0.15) is 11.9 Å². The summed E-state index contributed by atoms with van der Waals surface area (Å²) in [4.78, 5) is 16.5. The summed E-state index contributed by atoms with van der Waals surface area (Å²) in [5, 5.41) is 0. The van der Waals surface area contributed by atoms with Gasteiger partial charge in [-0.1, -0.05) is 13.8 Å². The number of pyridine rings is 1. The fraction of sp³-hybridized carbons (Fsp3) is 0.571. The number of hydrogen-bond donors (Lipinski definition) is 1. The lowest BCUT2D eigenvalue weighted by Gasteiger charge is -2.26. The summed E-state index contributed by atoms with van der Waals surface area (Å²) in [7, 11) is 0. The molecule has 1 atom stereocenters. The van der Waals surface area contributed by atoms with Crippen LogP contribution in [0.4, 0.5) is 5.82 Å². The van der Waals surface area contributed by atoms with Crippen LogP contribution in [0.1, 0.15) is 36.2 Å². The summed E-state index contributed by atoms with van der Waals surface area (Å²) in [6.45, 7) is 5.24. The van der Waals surface area contributed by atoms with E-state index in [0.717, 1.165) is 22.4 Å². The highest BCUT2D eigenvalue weighted by molar-refractivity contribution is 5.85. The van der Waals surface area contributed by atoms with Crippen LogP contribution in [0.25, 0.3) is 0 Å². The minimum absolute atomic E-state index is 0.0161. The fourth-order valence-electron chi connectivity index (χ4n) is 2.72. The Balaban J connectivity index is 1.97. The summed E-state index contributed by atoms with van der Waals surface area (Å²) >= 11 is 0. The quantitative estimate of drug-likeness (QED) is 0.871. The number of Topliss-reactive ketones (excluding diaryl/α,β-unsaturated/α-hetero) is 1. The first-order chi connectivity index (χ1) is 9.08. The van der Waals surface area contributed by atoms with Gasteiger partial charge in [0.05, 0.1) is 25.5 Å². The van der Waals surface area contributed by atoms with Gasteiger partial charge < -0.3 is 15.2 Å². The highest BCUT2D eigenvalue weighted by Crippen LogP contribution is 2.33. The molecule has 3 rings (SSSR count). The average molecular weight is 262 g/mol. The van der Waals surface area contributed by atoms with Gasteiger partial charge in [-0.15, -0.1) is 0 Å². The van der Waals surface area contributed by atoms with Crippen LogP contribution < -0.4 is 5.73 Å². The van der Waals surface area contributed by atoms with Crippen LogP contribution in [-0.4, -0.2) is 16.9 Å². The number of carbonyl (C=O) groups is 1. The lowest BCUT2D eigenvalue weighted by Crippen LogP contribution is -2.34. The zero-order valence-electron chi connectivity index (χ0n) is 11.2. The molecule has 2 aliphatic rings. The smallest absolute Gasteiger partial charge is 0.164 e. The van der Waals surface area contributed by atoms with Crippen molar-refractivity contribution in [1.82, 2.24) is 4.98 Å². The summed E-state index contributed by atoms with van der Waals surface area (Å²) in [6, 6.07) is 0. The number of ether oxygens (including phenoxy) is 2. The topological polar surface area (TPSA) is 74.4 Å². The second-order valence-electron chi connectivity index (χ2n) is 5.43. The Morgan fingerprint density at radius 3 is 2.74 bits per heavy atom. The normalized spacial score (nSPS) is 21.3. The second kappa shape index (κ2) is 4.58. The Morgan fingerprint density at radius 1 is 1.26 bits per heavy atom. The van der Waals surface area contributed by atoms with Crippen molar-refractivity contribution >= 4 is 11.6 Å². The van der Waals surface area contributed by atoms with Crippen molar-refractivity contribution in [2.75, 3.05) is 5.73 Å². The van der Waals surface area contributed by atoms with Crippen LogP contribution in [-0.2, 0) is 40.5 Å². The van der Waals surface area contributed by atoms with Crippen molar-refractivity contribution < 1.29 is 14.3 Å². The van der Waals surface area contributed by atoms with E-state index >= 15 is 0 Å². The minimum atomic E-state index is -0.359. The Morgan fingerprint density at radius 2 is 2.00 bits per heavy atom. The molecule has 0 saturated carbocycles. The van der Waals surface area contributed by atoms with E-state index in [-0.39, 0.29) is 17.8 Å². The third kappa shape index (κ3) is 2.03. The zero-order valence-corrected chi connectivity index (χ0v) is 11.2. The fourth-order valence-corrected chi connectivity index (χ4v) is 2.72. The van der Waals surface area contributed by atoms with Gasteiger partial charge in [0.15, 0.2) is 5.78 Å². The van der Waals surface area contributed by atoms with Gasteiger partial charge in [-0.25, -0.2) is 4.98 Å². The minimum Gasteiger partial charge on any atom is -0.383 e. The maximum Gasteiger partial charge on any atom is 0.164 e. The molecule has 0 fully saturated rings. The molecule has 5 nitrogen and oxygen atoms in total. The van der Waals surface area contributed by atoms with Gasteiger partial charge >= 0.3 is 0 Å². The lowest BCUT2D eigenvalue weighted by atomic mass is 9.91. The van der Waals surface area contributed by atoms with E-state index in [1.165, 1.54) is 0 Å². The summed E-state index contributed by atoms with van der Waals surface area (Å²) in [5.74, 6) is 0.663. The number of hydrogen-bond acceptors (Lipinski definition) is 5. The predicted octanol–water partition coefficient (Wildman–Crippen LogP) is 1.36. The number of nitrogen functional groups attached to an aromatic ring is 1. The number of nitrogens with zero attached hydrogens (tertiary/aromatic N) is 1. The Kier molecular flexibility index (Phi) is 3.03. The number of nitrogens with two attached hydrogens (primary N) is 1. The molecule has 0 spiro atoms. The molecule has 5 heteroatoms. The Bertz CT molecular complexity index is 540. The molecule has 0 amide bonds. The van der Waals surface area contributed by atoms with Crippen LogP contribution in [0.3, 0.4) is 0 Å². The van der Waals surface area contributed by atoms with Gasteiger partial charge in [-0.3, -0.25) is 4.79 Å². The molecule has 102 valence electrons. The summed E-state index contributed by atoms with van der Waals surface area (Å²) in [6.07, 6.45) is 0.230. The number of carbonyl (C=O) groups excluding carboxylic acids is 1. The van der Waals surface area contributed by atoms with E-state index in [0.29, 0.717) is 32.1 Å². The van der Waals surface area contributed by atoms with Crippen LogP contribution in [0, 0.1) is 5.92 Å².